The van der Waals surface area contributed by atoms with Crippen molar-refractivity contribution >= 4 is 34.6 Å². The van der Waals surface area contributed by atoms with Crippen molar-refractivity contribution in [1.29, 1.82) is 5.26 Å². The third-order valence-corrected chi connectivity index (χ3v) is 7.09. The molecule has 0 radical (unpaired) electrons. The fourth-order valence-corrected chi connectivity index (χ4v) is 5.00. The minimum atomic E-state index is -0.612. The number of methoxy groups -OCH3 is 3. The summed E-state index contributed by atoms with van der Waals surface area (Å²) in [6.45, 7) is 3.88. The van der Waals surface area contributed by atoms with Crippen LogP contribution in [0.15, 0.2) is 65.5 Å². The number of carbonyl (C=O) groups excluding carboxylic acids is 1. The highest BCUT2D eigenvalue weighted by Crippen LogP contribution is 2.34. The topological polar surface area (TPSA) is 103 Å². The average molecular weight is 542 g/mol. The first-order valence-electron chi connectivity index (χ1n) is 11.9. The average Bonchev–Trinajstić information content (AvgIpc) is 3.25. The minimum absolute atomic E-state index is 0.183. The van der Waals surface area contributed by atoms with Crippen LogP contribution in [0.25, 0.3) is 17.3 Å². The number of nitrogens with zero attached hydrogens (tertiary/aromatic N) is 2. The molecule has 198 valence electrons. The van der Waals surface area contributed by atoms with Gasteiger partial charge in [-0.25, -0.2) is 0 Å². The number of thiazole rings is 1. The fourth-order valence-electron chi connectivity index (χ4n) is 3.91. The summed E-state index contributed by atoms with van der Waals surface area (Å²) in [6.07, 6.45) is 1.65. The Labute approximate surface area is 229 Å². The van der Waals surface area contributed by atoms with Crippen LogP contribution in [0, 0.1) is 25.2 Å². The zero-order valence-corrected chi connectivity index (χ0v) is 23.0. The van der Waals surface area contributed by atoms with Gasteiger partial charge in [0.05, 0.1) is 31.5 Å². The van der Waals surface area contributed by atoms with E-state index in [1.165, 1.54) is 25.9 Å². The van der Waals surface area contributed by atoms with E-state index < -0.39 is 5.91 Å². The van der Waals surface area contributed by atoms with E-state index in [4.69, 9.17) is 14.2 Å². The monoisotopic (exact) mass is 541 g/mol. The van der Waals surface area contributed by atoms with Crippen LogP contribution in [-0.2, 0) is 4.79 Å². The summed E-state index contributed by atoms with van der Waals surface area (Å²) in [7, 11) is 4.55. The lowest BCUT2D eigenvalue weighted by Gasteiger charge is -2.11. The van der Waals surface area contributed by atoms with E-state index in [2.05, 4.69) is 5.32 Å². The van der Waals surface area contributed by atoms with Crippen LogP contribution in [-0.4, -0.2) is 31.8 Å². The molecule has 0 saturated heterocycles. The standard InChI is InChI=1S/C30H27N3O5S/c1-18-6-10-21(11-7-18)32-28(34)23(17-31)30-33(22-12-8-19(2)9-13-22)29(35)27(39-30)15-20-14-25(37-4)26(38-5)16-24(20)36-3/h6-16H,1-5H3,(H,32,34). The lowest BCUT2D eigenvalue weighted by atomic mass is 10.1. The highest BCUT2D eigenvalue weighted by Gasteiger charge is 2.18. The van der Waals surface area contributed by atoms with E-state index in [0.717, 1.165) is 22.5 Å². The quantitative estimate of drug-likeness (QED) is 0.383. The Hall–Kier alpha value is -4.81. The summed E-state index contributed by atoms with van der Waals surface area (Å²) >= 11 is 1.04. The van der Waals surface area contributed by atoms with Gasteiger partial charge in [0, 0.05) is 17.3 Å². The summed E-state index contributed by atoms with van der Waals surface area (Å²) in [6, 6.07) is 19.9. The number of aromatic nitrogens is 1. The van der Waals surface area contributed by atoms with E-state index in [1.54, 1.807) is 42.5 Å². The highest BCUT2D eigenvalue weighted by molar-refractivity contribution is 7.07. The van der Waals surface area contributed by atoms with Crippen molar-refractivity contribution < 1.29 is 19.0 Å². The molecule has 0 aliphatic carbocycles. The number of nitrogens with one attached hydrogen (secondary N) is 1. The molecule has 1 heterocycles. The van der Waals surface area contributed by atoms with Crippen LogP contribution < -0.4 is 34.3 Å². The summed E-state index contributed by atoms with van der Waals surface area (Å²) in [5, 5.41) is 12.8. The molecular weight excluding hydrogens is 514 g/mol. The summed E-state index contributed by atoms with van der Waals surface area (Å²) in [5.41, 5.74) is 3.12. The van der Waals surface area contributed by atoms with E-state index >= 15 is 0 Å². The molecule has 0 bridgehead atoms. The van der Waals surface area contributed by atoms with Gasteiger partial charge in [0.25, 0.3) is 11.5 Å². The maximum Gasteiger partial charge on any atom is 0.273 e. The Bertz CT molecular complexity index is 1750. The Morgan fingerprint density at radius 2 is 1.46 bits per heavy atom. The molecule has 1 aromatic heterocycles. The predicted molar refractivity (Wildman–Crippen MR) is 152 cm³/mol. The second kappa shape index (κ2) is 11.7. The molecule has 0 aliphatic rings. The maximum atomic E-state index is 13.8. The molecule has 0 saturated carbocycles. The number of nitriles is 1. The smallest absolute Gasteiger partial charge is 0.273 e. The molecular formula is C30H27N3O5S. The van der Waals surface area contributed by atoms with Gasteiger partial charge in [0.1, 0.15) is 16.5 Å². The van der Waals surface area contributed by atoms with Crippen molar-refractivity contribution in [2.45, 2.75) is 13.8 Å². The molecule has 39 heavy (non-hydrogen) atoms. The molecule has 0 fully saturated rings. The minimum Gasteiger partial charge on any atom is -0.496 e. The third-order valence-electron chi connectivity index (χ3n) is 6.00. The number of rotatable bonds is 7. The molecule has 0 atom stereocenters. The van der Waals surface area contributed by atoms with Crippen molar-refractivity contribution in [3.05, 3.63) is 96.9 Å². The van der Waals surface area contributed by atoms with Crippen LogP contribution in [0.4, 0.5) is 5.69 Å². The molecule has 0 aliphatic heterocycles. The van der Waals surface area contributed by atoms with E-state index in [9.17, 15) is 14.9 Å². The van der Waals surface area contributed by atoms with Crippen LogP contribution in [0.3, 0.4) is 0 Å². The SMILES string of the molecule is COc1cc(OC)c(OC)cc1C=c1sc(=C(C#N)C(=O)Nc2ccc(C)cc2)n(-c2ccc(C)cc2)c1=O. The Kier molecular flexibility index (Phi) is 8.18. The van der Waals surface area contributed by atoms with Gasteiger partial charge in [-0.15, -0.1) is 11.3 Å². The van der Waals surface area contributed by atoms with Crippen molar-refractivity contribution in [3.63, 3.8) is 0 Å². The molecule has 0 spiro atoms. The first kappa shape index (κ1) is 27.2. The van der Waals surface area contributed by atoms with E-state index in [0.29, 0.717) is 38.7 Å². The second-order valence-electron chi connectivity index (χ2n) is 8.65. The number of aryl methyl sites for hydroxylation is 2. The zero-order chi connectivity index (χ0) is 28.1. The molecule has 4 rings (SSSR count). The van der Waals surface area contributed by atoms with E-state index in [1.807, 2.05) is 44.2 Å². The van der Waals surface area contributed by atoms with Crippen molar-refractivity contribution in [2.24, 2.45) is 0 Å². The van der Waals surface area contributed by atoms with Gasteiger partial charge < -0.3 is 19.5 Å². The van der Waals surface area contributed by atoms with Gasteiger partial charge in [-0.3, -0.25) is 14.2 Å². The molecule has 1 N–H and O–H groups in total. The predicted octanol–water partition coefficient (Wildman–Crippen LogP) is 3.68. The fraction of sp³-hybridized carbons (Fsp3) is 0.167. The normalized spacial score (nSPS) is 11.9. The van der Waals surface area contributed by atoms with Crippen molar-refractivity contribution in [3.8, 4) is 29.0 Å². The lowest BCUT2D eigenvalue weighted by molar-refractivity contribution is -0.111. The number of carbonyl (C=O) groups is 1. The molecule has 4 aromatic rings. The van der Waals surface area contributed by atoms with Crippen molar-refractivity contribution in [2.75, 3.05) is 26.6 Å². The first-order valence-corrected chi connectivity index (χ1v) is 12.7. The maximum absolute atomic E-state index is 13.8. The number of hydrogen-bond acceptors (Lipinski definition) is 7. The van der Waals surface area contributed by atoms with Crippen LogP contribution in [0.1, 0.15) is 16.7 Å². The molecule has 1 amide bonds. The summed E-state index contributed by atoms with van der Waals surface area (Å²) in [4.78, 5) is 27.0. The highest BCUT2D eigenvalue weighted by atomic mass is 32.1. The number of amides is 1. The Balaban J connectivity index is 1.99. The number of ether oxygens (including phenoxy) is 3. The van der Waals surface area contributed by atoms with Crippen LogP contribution in [0.5, 0.6) is 17.2 Å². The third kappa shape index (κ3) is 5.71. The van der Waals surface area contributed by atoms with Crippen molar-refractivity contribution in [1.82, 2.24) is 4.57 Å². The molecule has 0 unspecified atom stereocenters. The van der Waals surface area contributed by atoms with Gasteiger partial charge in [-0.2, -0.15) is 5.26 Å². The Morgan fingerprint density at radius 1 is 0.897 bits per heavy atom. The van der Waals surface area contributed by atoms with Crippen LogP contribution in [0.2, 0.25) is 0 Å². The molecule has 9 heteroatoms. The number of anilines is 1. The van der Waals surface area contributed by atoms with Gasteiger partial charge >= 0.3 is 0 Å². The first-order chi connectivity index (χ1) is 18.8. The largest absolute Gasteiger partial charge is 0.496 e. The van der Waals surface area contributed by atoms with E-state index in [-0.39, 0.29) is 15.8 Å². The summed E-state index contributed by atoms with van der Waals surface area (Å²) in [5.74, 6) is 0.787. The number of benzene rings is 3. The number of hydrogen-bond donors (Lipinski definition) is 1. The molecule has 3 aromatic carbocycles. The lowest BCUT2D eigenvalue weighted by Crippen LogP contribution is -2.32. The summed E-state index contributed by atoms with van der Waals surface area (Å²) < 4.78 is 18.2. The van der Waals surface area contributed by atoms with Gasteiger partial charge in [-0.1, -0.05) is 35.4 Å². The molecule has 8 nitrogen and oxygen atoms in total. The second-order valence-corrected chi connectivity index (χ2v) is 9.68. The van der Waals surface area contributed by atoms with Gasteiger partial charge in [-0.05, 0) is 50.3 Å². The Morgan fingerprint density at radius 3 is 2.03 bits per heavy atom. The van der Waals surface area contributed by atoms with Gasteiger partial charge in [0.2, 0.25) is 0 Å². The van der Waals surface area contributed by atoms with Gasteiger partial charge in [0.15, 0.2) is 17.1 Å². The van der Waals surface area contributed by atoms with Crippen LogP contribution >= 0.6 is 11.3 Å². The zero-order valence-electron chi connectivity index (χ0n) is 22.2.